The minimum Gasteiger partial charge on any atom is -0.497 e. The third kappa shape index (κ3) is 4.94. The summed E-state index contributed by atoms with van der Waals surface area (Å²) in [6.45, 7) is 3.16. The van der Waals surface area contributed by atoms with Crippen molar-refractivity contribution < 1.29 is 14.6 Å². The highest BCUT2D eigenvalue weighted by Gasteiger charge is 2.11. The largest absolute Gasteiger partial charge is 0.497 e. The predicted octanol–water partition coefficient (Wildman–Crippen LogP) is 2.27. The van der Waals surface area contributed by atoms with Crippen LogP contribution in [0, 0.1) is 6.92 Å². The van der Waals surface area contributed by atoms with Gasteiger partial charge in [-0.05, 0) is 43.7 Å². The number of hydrogen-bond acceptors (Lipinski definition) is 5. The Balaban J connectivity index is 1.79. The van der Waals surface area contributed by atoms with Gasteiger partial charge in [-0.15, -0.1) is 0 Å². The van der Waals surface area contributed by atoms with E-state index in [1.165, 1.54) is 5.56 Å². The Morgan fingerprint density at radius 1 is 1.09 bits per heavy atom. The first-order valence-electron chi connectivity index (χ1n) is 7.67. The van der Waals surface area contributed by atoms with Gasteiger partial charge in [0.15, 0.2) is 0 Å². The number of aliphatic hydroxyl groups is 1. The van der Waals surface area contributed by atoms with E-state index in [0.29, 0.717) is 12.4 Å². The van der Waals surface area contributed by atoms with E-state index in [2.05, 4.69) is 22.4 Å². The zero-order valence-electron chi connectivity index (χ0n) is 13.9. The summed E-state index contributed by atoms with van der Waals surface area (Å²) in [4.78, 5) is 4.28. The lowest BCUT2D eigenvalue weighted by molar-refractivity contribution is 0.173. The number of methoxy groups -OCH3 is 2. The maximum absolute atomic E-state index is 10.3. The minimum absolute atomic E-state index is 0.491. The Labute approximate surface area is 137 Å². The quantitative estimate of drug-likeness (QED) is 0.732. The average Bonchev–Trinajstić information content (AvgIpc) is 2.58. The standard InChI is InChI=1S/C18H24N2O3/c1-13-16(8-9-18(20-13)23-3)17(21)12-19-11-10-14-4-6-15(22-2)7-5-14/h4-9,17,19,21H,10-12H2,1-3H3/t17-/m0/s1. The van der Waals surface area contributed by atoms with E-state index in [1.807, 2.05) is 25.1 Å². The maximum Gasteiger partial charge on any atom is 0.213 e. The molecular weight excluding hydrogens is 292 g/mol. The van der Waals surface area contributed by atoms with Crippen LogP contribution in [0.15, 0.2) is 36.4 Å². The van der Waals surface area contributed by atoms with Crippen LogP contribution in [0.4, 0.5) is 0 Å². The summed E-state index contributed by atoms with van der Waals surface area (Å²) in [5, 5.41) is 13.5. The van der Waals surface area contributed by atoms with Gasteiger partial charge in [-0.3, -0.25) is 0 Å². The topological polar surface area (TPSA) is 63.6 Å². The number of nitrogens with one attached hydrogen (secondary N) is 1. The summed E-state index contributed by atoms with van der Waals surface area (Å²) in [5.41, 5.74) is 2.84. The fourth-order valence-electron chi connectivity index (χ4n) is 2.39. The number of rotatable bonds is 8. The lowest BCUT2D eigenvalue weighted by Gasteiger charge is -2.15. The van der Waals surface area contributed by atoms with Gasteiger partial charge in [0, 0.05) is 23.9 Å². The van der Waals surface area contributed by atoms with Crippen LogP contribution in [0.1, 0.15) is 22.9 Å². The van der Waals surface area contributed by atoms with Gasteiger partial charge < -0.3 is 19.9 Å². The zero-order valence-corrected chi connectivity index (χ0v) is 13.9. The van der Waals surface area contributed by atoms with Crippen LogP contribution in [0.2, 0.25) is 0 Å². The SMILES string of the molecule is COc1ccc(CCNC[C@H](O)c2ccc(OC)nc2C)cc1. The molecule has 1 atom stereocenters. The van der Waals surface area contributed by atoms with E-state index in [9.17, 15) is 5.11 Å². The summed E-state index contributed by atoms with van der Waals surface area (Å²) >= 11 is 0. The highest BCUT2D eigenvalue weighted by atomic mass is 16.5. The third-order valence-electron chi connectivity index (χ3n) is 3.76. The lowest BCUT2D eigenvalue weighted by Crippen LogP contribution is -2.24. The third-order valence-corrected chi connectivity index (χ3v) is 3.76. The number of aryl methyl sites for hydroxylation is 1. The highest BCUT2D eigenvalue weighted by molar-refractivity contribution is 5.28. The number of aliphatic hydroxyl groups excluding tert-OH is 1. The molecule has 0 aliphatic carbocycles. The van der Waals surface area contributed by atoms with Gasteiger partial charge in [0.05, 0.1) is 20.3 Å². The summed E-state index contributed by atoms with van der Waals surface area (Å²) < 4.78 is 10.2. The second-order valence-corrected chi connectivity index (χ2v) is 5.35. The van der Waals surface area contributed by atoms with Crippen molar-refractivity contribution >= 4 is 0 Å². The molecule has 0 bridgehead atoms. The van der Waals surface area contributed by atoms with Gasteiger partial charge in [0.25, 0.3) is 0 Å². The van der Waals surface area contributed by atoms with Crippen molar-refractivity contribution in [2.75, 3.05) is 27.3 Å². The molecule has 0 fully saturated rings. The van der Waals surface area contributed by atoms with Gasteiger partial charge in [-0.1, -0.05) is 12.1 Å². The molecule has 5 heteroatoms. The fraction of sp³-hybridized carbons (Fsp3) is 0.389. The molecular formula is C18H24N2O3. The van der Waals surface area contributed by atoms with Crippen molar-refractivity contribution in [1.82, 2.24) is 10.3 Å². The molecule has 0 amide bonds. The van der Waals surface area contributed by atoms with E-state index in [1.54, 1.807) is 20.3 Å². The van der Waals surface area contributed by atoms with Crippen LogP contribution in [0.5, 0.6) is 11.6 Å². The van der Waals surface area contributed by atoms with Crippen LogP contribution >= 0.6 is 0 Å². The molecule has 0 unspecified atom stereocenters. The van der Waals surface area contributed by atoms with Crippen molar-refractivity contribution in [2.45, 2.75) is 19.4 Å². The number of hydrogen-bond donors (Lipinski definition) is 2. The summed E-state index contributed by atoms with van der Waals surface area (Å²) in [7, 11) is 3.24. The second kappa shape index (κ2) is 8.50. The Morgan fingerprint density at radius 3 is 2.43 bits per heavy atom. The molecule has 1 aromatic carbocycles. The maximum atomic E-state index is 10.3. The van der Waals surface area contributed by atoms with E-state index in [0.717, 1.165) is 30.0 Å². The average molecular weight is 316 g/mol. The first-order chi connectivity index (χ1) is 11.1. The van der Waals surface area contributed by atoms with Crippen molar-refractivity contribution in [3.8, 4) is 11.6 Å². The number of pyridine rings is 1. The molecule has 2 rings (SSSR count). The van der Waals surface area contributed by atoms with Gasteiger partial charge >= 0.3 is 0 Å². The molecule has 5 nitrogen and oxygen atoms in total. The second-order valence-electron chi connectivity index (χ2n) is 5.35. The van der Waals surface area contributed by atoms with Crippen LogP contribution in [-0.4, -0.2) is 37.4 Å². The van der Waals surface area contributed by atoms with Crippen molar-refractivity contribution in [1.29, 1.82) is 0 Å². The molecule has 124 valence electrons. The van der Waals surface area contributed by atoms with Gasteiger partial charge in [-0.2, -0.15) is 0 Å². The molecule has 23 heavy (non-hydrogen) atoms. The van der Waals surface area contributed by atoms with Gasteiger partial charge in [0.1, 0.15) is 5.75 Å². The van der Waals surface area contributed by atoms with Crippen LogP contribution in [-0.2, 0) is 6.42 Å². The van der Waals surface area contributed by atoms with Crippen LogP contribution in [0.3, 0.4) is 0 Å². The van der Waals surface area contributed by atoms with Gasteiger partial charge in [0.2, 0.25) is 5.88 Å². The molecule has 0 saturated carbocycles. The first-order valence-corrected chi connectivity index (χ1v) is 7.67. The smallest absolute Gasteiger partial charge is 0.213 e. The van der Waals surface area contributed by atoms with E-state index < -0.39 is 6.10 Å². The minimum atomic E-state index is -0.579. The molecule has 0 spiro atoms. The molecule has 0 radical (unpaired) electrons. The van der Waals surface area contributed by atoms with E-state index in [4.69, 9.17) is 9.47 Å². The molecule has 2 N–H and O–H groups in total. The van der Waals surface area contributed by atoms with Crippen LogP contribution < -0.4 is 14.8 Å². The van der Waals surface area contributed by atoms with Crippen LogP contribution in [0.25, 0.3) is 0 Å². The number of aromatic nitrogens is 1. The Morgan fingerprint density at radius 2 is 1.83 bits per heavy atom. The van der Waals surface area contributed by atoms with E-state index >= 15 is 0 Å². The zero-order chi connectivity index (χ0) is 16.7. The molecule has 1 aromatic heterocycles. The van der Waals surface area contributed by atoms with Crippen molar-refractivity contribution in [3.05, 3.63) is 53.2 Å². The molecule has 0 aliphatic heterocycles. The Hall–Kier alpha value is -2.11. The molecule has 1 heterocycles. The molecule has 0 saturated heterocycles. The van der Waals surface area contributed by atoms with Crippen molar-refractivity contribution in [3.63, 3.8) is 0 Å². The molecule has 0 aliphatic rings. The predicted molar refractivity (Wildman–Crippen MR) is 90.1 cm³/mol. The molecule has 2 aromatic rings. The number of nitrogens with zero attached hydrogens (tertiary/aromatic N) is 1. The number of benzene rings is 1. The summed E-state index contributed by atoms with van der Waals surface area (Å²) in [6.07, 6.45) is 0.320. The first kappa shape index (κ1) is 17.2. The lowest BCUT2D eigenvalue weighted by atomic mass is 10.1. The highest BCUT2D eigenvalue weighted by Crippen LogP contribution is 2.18. The van der Waals surface area contributed by atoms with E-state index in [-0.39, 0.29) is 0 Å². The summed E-state index contributed by atoms with van der Waals surface area (Å²) in [5.74, 6) is 1.42. The normalized spacial score (nSPS) is 12.0. The monoisotopic (exact) mass is 316 g/mol. The fourth-order valence-corrected chi connectivity index (χ4v) is 2.39. The van der Waals surface area contributed by atoms with Crippen molar-refractivity contribution in [2.24, 2.45) is 0 Å². The Kier molecular flexibility index (Phi) is 6.38. The summed E-state index contributed by atoms with van der Waals surface area (Å²) in [6, 6.07) is 11.6. The van der Waals surface area contributed by atoms with Gasteiger partial charge in [-0.25, -0.2) is 4.98 Å². The Bertz CT molecular complexity index is 614. The number of ether oxygens (including phenoxy) is 2.